The van der Waals surface area contributed by atoms with Crippen LogP contribution in [0.2, 0.25) is 0 Å². The molecular weight excluding hydrogens is 226 g/mol. The van der Waals surface area contributed by atoms with Crippen molar-refractivity contribution >= 4 is 11.2 Å². The molecular formula is C11H6F2N4. The van der Waals surface area contributed by atoms with Gasteiger partial charge < -0.3 is 4.98 Å². The zero-order chi connectivity index (χ0) is 11.8. The van der Waals surface area contributed by atoms with Crippen molar-refractivity contribution in [2.24, 2.45) is 0 Å². The topological polar surface area (TPSA) is 54.5 Å². The summed E-state index contributed by atoms with van der Waals surface area (Å²) in [6.45, 7) is 0. The Morgan fingerprint density at radius 1 is 1.06 bits per heavy atom. The lowest BCUT2D eigenvalue weighted by molar-refractivity contribution is 0.584. The van der Waals surface area contributed by atoms with Crippen molar-refractivity contribution in [3.63, 3.8) is 0 Å². The second kappa shape index (κ2) is 3.58. The molecule has 3 aromatic rings. The first kappa shape index (κ1) is 9.83. The van der Waals surface area contributed by atoms with Crippen LogP contribution in [0, 0.1) is 11.6 Å². The number of aromatic amines is 1. The molecule has 0 saturated heterocycles. The molecule has 0 saturated carbocycles. The second-order valence-corrected chi connectivity index (χ2v) is 3.50. The first-order valence-electron chi connectivity index (χ1n) is 4.84. The van der Waals surface area contributed by atoms with E-state index in [1.165, 1.54) is 18.5 Å². The summed E-state index contributed by atoms with van der Waals surface area (Å²) in [6.07, 6.45) is 2.91. The molecule has 3 rings (SSSR count). The minimum absolute atomic E-state index is 0.334. The van der Waals surface area contributed by atoms with Gasteiger partial charge in [-0.1, -0.05) is 0 Å². The number of aromatic nitrogens is 4. The van der Waals surface area contributed by atoms with Gasteiger partial charge in [0.05, 0.1) is 6.20 Å². The second-order valence-electron chi connectivity index (χ2n) is 3.50. The van der Waals surface area contributed by atoms with Gasteiger partial charge in [0.15, 0.2) is 5.65 Å². The Morgan fingerprint density at radius 2 is 1.82 bits per heavy atom. The molecule has 6 heteroatoms. The van der Waals surface area contributed by atoms with Crippen LogP contribution in [-0.4, -0.2) is 19.9 Å². The van der Waals surface area contributed by atoms with Crippen molar-refractivity contribution < 1.29 is 8.78 Å². The lowest BCUT2D eigenvalue weighted by atomic mass is 10.2. The van der Waals surface area contributed by atoms with E-state index in [2.05, 4.69) is 19.9 Å². The van der Waals surface area contributed by atoms with Crippen LogP contribution < -0.4 is 0 Å². The van der Waals surface area contributed by atoms with Crippen LogP contribution in [0.4, 0.5) is 8.78 Å². The molecule has 2 aromatic heterocycles. The molecule has 0 fully saturated rings. The van der Waals surface area contributed by atoms with Gasteiger partial charge >= 0.3 is 0 Å². The first-order chi connectivity index (χ1) is 8.22. The SMILES string of the molecule is Fc1cc(F)cc(-c2nc3ncncc3[nH]2)c1. The van der Waals surface area contributed by atoms with Crippen LogP contribution in [0.25, 0.3) is 22.6 Å². The summed E-state index contributed by atoms with van der Waals surface area (Å²) in [5, 5.41) is 0. The Hall–Kier alpha value is -2.37. The Balaban J connectivity index is 2.20. The zero-order valence-corrected chi connectivity index (χ0v) is 8.48. The standard InChI is InChI=1S/C11H6F2N4/c12-7-1-6(2-8(13)3-7)10-16-9-4-14-5-15-11(9)17-10/h1-5H,(H,14,15,16,17). The molecule has 2 heterocycles. The van der Waals surface area contributed by atoms with Gasteiger partial charge in [0.25, 0.3) is 0 Å². The van der Waals surface area contributed by atoms with Gasteiger partial charge in [0.1, 0.15) is 29.3 Å². The maximum Gasteiger partial charge on any atom is 0.181 e. The minimum Gasteiger partial charge on any atom is -0.335 e. The Kier molecular flexibility index (Phi) is 2.07. The average molecular weight is 232 g/mol. The third-order valence-corrected chi connectivity index (χ3v) is 2.30. The third kappa shape index (κ3) is 1.73. The summed E-state index contributed by atoms with van der Waals surface area (Å²) in [7, 11) is 0. The van der Waals surface area contributed by atoms with Crippen molar-refractivity contribution in [2.75, 3.05) is 0 Å². The monoisotopic (exact) mass is 232 g/mol. The summed E-state index contributed by atoms with van der Waals surface area (Å²) in [5.74, 6) is -0.933. The van der Waals surface area contributed by atoms with Crippen LogP contribution in [0.5, 0.6) is 0 Å². The fourth-order valence-electron chi connectivity index (χ4n) is 1.59. The van der Waals surface area contributed by atoms with Gasteiger partial charge in [0.2, 0.25) is 0 Å². The molecule has 0 aliphatic rings. The summed E-state index contributed by atoms with van der Waals surface area (Å²) in [5.41, 5.74) is 1.41. The number of nitrogens with one attached hydrogen (secondary N) is 1. The van der Waals surface area contributed by atoms with E-state index in [1.807, 2.05) is 0 Å². The number of hydrogen-bond acceptors (Lipinski definition) is 3. The van der Waals surface area contributed by atoms with E-state index >= 15 is 0 Å². The molecule has 1 aromatic carbocycles. The number of benzene rings is 1. The molecule has 0 radical (unpaired) electrons. The van der Waals surface area contributed by atoms with E-state index in [9.17, 15) is 8.78 Å². The molecule has 4 nitrogen and oxygen atoms in total. The van der Waals surface area contributed by atoms with Crippen LogP contribution >= 0.6 is 0 Å². The van der Waals surface area contributed by atoms with Gasteiger partial charge in [0, 0.05) is 11.6 Å². The lowest BCUT2D eigenvalue weighted by Crippen LogP contribution is -1.85. The highest BCUT2D eigenvalue weighted by atomic mass is 19.1. The number of H-pyrrole nitrogens is 1. The van der Waals surface area contributed by atoms with E-state index in [1.54, 1.807) is 6.20 Å². The summed E-state index contributed by atoms with van der Waals surface area (Å²) in [4.78, 5) is 14.8. The van der Waals surface area contributed by atoms with Crippen LogP contribution in [0.1, 0.15) is 0 Å². The molecule has 0 aliphatic heterocycles. The van der Waals surface area contributed by atoms with Crippen molar-refractivity contribution in [2.45, 2.75) is 0 Å². The van der Waals surface area contributed by atoms with Crippen molar-refractivity contribution in [3.8, 4) is 11.4 Å². The van der Waals surface area contributed by atoms with Gasteiger partial charge in [-0.3, -0.25) is 0 Å². The summed E-state index contributed by atoms with van der Waals surface area (Å²) in [6, 6.07) is 3.22. The average Bonchev–Trinajstić information content (AvgIpc) is 2.71. The predicted molar refractivity (Wildman–Crippen MR) is 57.0 cm³/mol. The quantitative estimate of drug-likeness (QED) is 0.700. The number of halogens is 2. The van der Waals surface area contributed by atoms with Gasteiger partial charge in [-0.2, -0.15) is 0 Å². The molecule has 0 atom stereocenters. The fraction of sp³-hybridized carbons (Fsp3) is 0. The summed E-state index contributed by atoms with van der Waals surface area (Å²) >= 11 is 0. The Bertz CT molecular complexity index is 640. The predicted octanol–water partition coefficient (Wildman–Crippen LogP) is 2.30. The molecule has 1 N–H and O–H groups in total. The lowest BCUT2D eigenvalue weighted by Gasteiger charge is -1.97. The largest absolute Gasteiger partial charge is 0.335 e. The summed E-state index contributed by atoms with van der Waals surface area (Å²) < 4.78 is 26.1. The van der Waals surface area contributed by atoms with Gasteiger partial charge in [-0.15, -0.1) is 0 Å². The highest BCUT2D eigenvalue weighted by Crippen LogP contribution is 2.20. The number of imidazole rings is 1. The van der Waals surface area contributed by atoms with Crippen molar-refractivity contribution in [1.82, 2.24) is 19.9 Å². The Labute approximate surface area is 94.4 Å². The van der Waals surface area contributed by atoms with Crippen LogP contribution in [0.3, 0.4) is 0 Å². The van der Waals surface area contributed by atoms with Crippen molar-refractivity contribution in [1.29, 1.82) is 0 Å². The third-order valence-electron chi connectivity index (χ3n) is 2.30. The van der Waals surface area contributed by atoms with Crippen LogP contribution in [0.15, 0.2) is 30.7 Å². The van der Waals surface area contributed by atoms with Crippen LogP contribution in [-0.2, 0) is 0 Å². The van der Waals surface area contributed by atoms with Gasteiger partial charge in [-0.05, 0) is 12.1 Å². The molecule has 0 aliphatic carbocycles. The molecule has 0 spiro atoms. The molecule has 0 unspecified atom stereocenters. The first-order valence-corrected chi connectivity index (χ1v) is 4.84. The maximum absolute atomic E-state index is 13.1. The highest BCUT2D eigenvalue weighted by molar-refractivity contribution is 5.74. The number of rotatable bonds is 1. The van der Waals surface area contributed by atoms with E-state index in [0.29, 0.717) is 22.6 Å². The Morgan fingerprint density at radius 3 is 2.53 bits per heavy atom. The molecule has 0 amide bonds. The van der Waals surface area contributed by atoms with Crippen molar-refractivity contribution in [3.05, 3.63) is 42.4 Å². The van der Waals surface area contributed by atoms with Gasteiger partial charge in [-0.25, -0.2) is 23.7 Å². The fourth-order valence-corrected chi connectivity index (χ4v) is 1.59. The van der Waals surface area contributed by atoms with E-state index < -0.39 is 11.6 Å². The molecule has 0 bridgehead atoms. The highest BCUT2D eigenvalue weighted by Gasteiger charge is 2.08. The minimum atomic E-state index is -0.647. The zero-order valence-electron chi connectivity index (χ0n) is 8.48. The maximum atomic E-state index is 13.1. The van der Waals surface area contributed by atoms with E-state index in [0.717, 1.165) is 6.07 Å². The molecule has 17 heavy (non-hydrogen) atoms. The normalized spacial score (nSPS) is 10.9. The number of nitrogens with zero attached hydrogens (tertiary/aromatic N) is 3. The number of fused-ring (bicyclic) bond motifs is 1. The van der Waals surface area contributed by atoms with E-state index in [4.69, 9.17) is 0 Å². The number of hydrogen-bond donors (Lipinski definition) is 1. The smallest absolute Gasteiger partial charge is 0.181 e. The molecule has 84 valence electrons. The van der Waals surface area contributed by atoms with E-state index in [-0.39, 0.29) is 0 Å².